The van der Waals surface area contributed by atoms with E-state index in [9.17, 15) is 22.4 Å². The molecule has 2 amide bonds. The molecule has 1 aliphatic carbocycles. The molecule has 214 valence electrons. The van der Waals surface area contributed by atoms with Crippen LogP contribution in [0.25, 0.3) is 0 Å². The van der Waals surface area contributed by atoms with Gasteiger partial charge in [0.05, 0.1) is 15.7 Å². The van der Waals surface area contributed by atoms with Crippen LogP contribution in [0.2, 0.25) is 10.0 Å². The lowest BCUT2D eigenvalue weighted by Crippen LogP contribution is -2.54. The van der Waals surface area contributed by atoms with Crippen molar-refractivity contribution in [2.75, 3.05) is 24.9 Å². The Hall–Kier alpha value is -2.40. The van der Waals surface area contributed by atoms with Crippen LogP contribution in [0, 0.1) is 5.82 Å². The molecule has 0 heterocycles. The molecule has 0 radical (unpaired) electrons. The van der Waals surface area contributed by atoms with Gasteiger partial charge in [0.15, 0.2) is 0 Å². The van der Waals surface area contributed by atoms with Gasteiger partial charge in [-0.1, -0.05) is 67.6 Å². The first-order valence-electron chi connectivity index (χ1n) is 12.9. The minimum atomic E-state index is -4.26. The van der Waals surface area contributed by atoms with Gasteiger partial charge in [0.25, 0.3) is 0 Å². The standard InChI is InChI=1S/C27H35Cl2FN4O4S/c1-4-24(27(36)31-20-10-6-5-7-11-20)33(17-19-14-15-21(28)22(29)16-19)26(35)18-34(39(37,38)32(2)3)25-13-9-8-12-23(25)30/h8-9,12-16,20,24H,4-7,10-11,17-18H2,1-3H3,(H,31,36)/t24-/m0/s1. The van der Waals surface area contributed by atoms with Crippen molar-refractivity contribution in [1.29, 1.82) is 0 Å². The maximum absolute atomic E-state index is 14.8. The second-order valence-electron chi connectivity index (χ2n) is 9.79. The molecule has 0 saturated heterocycles. The number of carbonyl (C=O) groups excluding carboxylic acids is 2. The van der Waals surface area contributed by atoms with Crippen LogP contribution < -0.4 is 9.62 Å². The minimum Gasteiger partial charge on any atom is -0.352 e. The Kier molecular flexibility index (Phi) is 11.0. The van der Waals surface area contributed by atoms with Crippen LogP contribution in [0.3, 0.4) is 0 Å². The van der Waals surface area contributed by atoms with E-state index >= 15 is 0 Å². The number of amides is 2. The van der Waals surface area contributed by atoms with Crippen LogP contribution >= 0.6 is 23.2 Å². The third-order valence-electron chi connectivity index (χ3n) is 6.81. The zero-order chi connectivity index (χ0) is 28.7. The summed E-state index contributed by atoms with van der Waals surface area (Å²) in [5.41, 5.74) is 0.336. The van der Waals surface area contributed by atoms with Crippen LogP contribution in [0.5, 0.6) is 0 Å². The zero-order valence-corrected chi connectivity index (χ0v) is 24.7. The van der Waals surface area contributed by atoms with Gasteiger partial charge in [-0.15, -0.1) is 0 Å². The first kappa shape index (κ1) is 31.1. The zero-order valence-electron chi connectivity index (χ0n) is 22.4. The van der Waals surface area contributed by atoms with Crippen molar-refractivity contribution in [2.24, 2.45) is 0 Å². The normalized spacial score (nSPS) is 15.2. The highest BCUT2D eigenvalue weighted by molar-refractivity contribution is 7.90. The number of hydrogen-bond donors (Lipinski definition) is 1. The number of benzene rings is 2. The molecule has 39 heavy (non-hydrogen) atoms. The Balaban J connectivity index is 1.99. The van der Waals surface area contributed by atoms with Crippen molar-refractivity contribution in [3.05, 3.63) is 63.9 Å². The summed E-state index contributed by atoms with van der Waals surface area (Å²) in [5, 5.41) is 3.69. The summed E-state index contributed by atoms with van der Waals surface area (Å²) in [6, 6.07) is 9.34. The molecule has 1 aliphatic rings. The molecule has 0 aliphatic heterocycles. The van der Waals surface area contributed by atoms with Gasteiger partial charge in [0, 0.05) is 26.7 Å². The summed E-state index contributed by atoms with van der Waals surface area (Å²) in [7, 11) is -1.67. The molecular formula is C27H35Cl2FN4O4S. The predicted octanol–water partition coefficient (Wildman–Crippen LogP) is 5.00. The van der Waals surface area contributed by atoms with Crippen molar-refractivity contribution < 1.29 is 22.4 Å². The molecule has 0 unspecified atom stereocenters. The molecule has 1 saturated carbocycles. The molecule has 2 aromatic rings. The van der Waals surface area contributed by atoms with E-state index in [-0.39, 0.29) is 35.6 Å². The van der Waals surface area contributed by atoms with Crippen molar-refractivity contribution >= 4 is 50.9 Å². The van der Waals surface area contributed by atoms with Crippen LogP contribution in [0.15, 0.2) is 42.5 Å². The Bertz CT molecular complexity index is 1270. The van der Waals surface area contributed by atoms with Gasteiger partial charge in [-0.25, -0.2) is 8.70 Å². The van der Waals surface area contributed by atoms with E-state index in [0.29, 0.717) is 10.6 Å². The number of anilines is 1. The van der Waals surface area contributed by atoms with Gasteiger partial charge in [0.1, 0.15) is 18.4 Å². The van der Waals surface area contributed by atoms with Crippen molar-refractivity contribution in [3.63, 3.8) is 0 Å². The summed E-state index contributed by atoms with van der Waals surface area (Å²) >= 11 is 12.3. The SMILES string of the molecule is CC[C@@H](C(=O)NC1CCCCC1)N(Cc1ccc(Cl)c(Cl)c1)C(=O)CN(c1ccccc1F)S(=O)(=O)N(C)C. The largest absolute Gasteiger partial charge is 0.352 e. The highest BCUT2D eigenvalue weighted by Crippen LogP contribution is 2.26. The number of carbonyl (C=O) groups is 2. The second-order valence-corrected chi connectivity index (χ2v) is 12.7. The molecule has 0 bridgehead atoms. The summed E-state index contributed by atoms with van der Waals surface area (Å²) in [4.78, 5) is 28.7. The summed E-state index contributed by atoms with van der Waals surface area (Å²) < 4.78 is 42.9. The molecule has 3 rings (SSSR count). The van der Waals surface area contributed by atoms with Gasteiger partial charge >= 0.3 is 10.2 Å². The lowest BCUT2D eigenvalue weighted by Gasteiger charge is -2.35. The van der Waals surface area contributed by atoms with Gasteiger partial charge in [-0.2, -0.15) is 12.7 Å². The highest BCUT2D eigenvalue weighted by atomic mass is 35.5. The fourth-order valence-corrected chi connectivity index (χ4v) is 6.04. The van der Waals surface area contributed by atoms with E-state index in [0.717, 1.165) is 46.8 Å². The summed E-state index contributed by atoms with van der Waals surface area (Å²) in [5.74, 6) is -1.78. The van der Waals surface area contributed by atoms with Gasteiger partial charge in [0.2, 0.25) is 11.8 Å². The first-order chi connectivity index (χ1) is 18.4. The molecule has 12 heteroatoms. The lowest BCUT2D eigenvalue weighted by molar-refractivity contribution is -0.140. The third-order valence-corrected chi connectivity index (χ3v) is 9.36. The molecule has 0 aromatic heterocycles. The maximum Gasteiger partial charge on any atom is 0.304 e. The third kappa shape index (κ3) is 7.84. The van der Waals surface area contributed by atoms with Crippen molar-refractivity contribution in [2.45, 2.75) is 64.1 Å². The number of halogens is 3. The van der Waals surface area contributed by atoms with Crippen molar-refractivity contribution in [1.82, 2.24) is 14.5 Å². The summed E-state index contributed by atoms with van der Waals surface area (Å²) in [6.45, 7) is 1.04. The smallest absolute Gasteiger partial charge is 0.304 e. The number of nitrogens with zero attached hydrogens (tertiary/aromatic N) is 3. The van der Waals surface area contributed by atoms with E-state index < -0.39 is 34.5 Å². The average molecular weight is 602 g/mol. The Morgan fingerprint density at radius 2 is 1.72 bits per heavy atom. The Labute approximate surface area is 240 Å². The van der Waals surface area contributed by atoms with Gasteiger partial charge in [-0.05, 0) is 49.1 Å². The van der Waals surface area contributed by atoms with Crippen molar-refractivity contribution in [3.8, 4) is 0 Å². The van der Waals surface area contributed by atoms with E-state index in [1.807, 2.05) is 0 Å². The highest BCUT2D eigenvalue weighted by Gasteiger charge is 2.35. The fraction of sp³-hybridized carbons (Fsp3) is 0.481. The van der Waals surface area contributed by atoms with E-state index in [1.165, 1.54) is 37.2 Å². The quantitative estimate of drug-likeness (QED) is 0.393. The van der Waals surface area contributed by atoms with Crippen LogP contribution in [-0.2, 0) is 26.3 Å². The fourth-order valence-electron chi connectivity index (χ4n) is 4.65. The van der Waals surface area contributed by atoms with Crippen LogP contribution in [0.1, 0.15) is 51.0 Å². The molecule has 1 atom stereocenters. The molecular weight excluding hydrogens is 566 g/mol. The lowest BCUT2D eigenvalue weighted by atomic mass is 9.95. The van der Waals surface area contributed by atoms with Gasteiger partial charge in [-0.3, -0.25) is 9.59 Å². The monoisotopic (exact) mass is 600 g/mol. The Morgan fingerprint density at radius 1 is 1.05 bits per heavy atom. The van der Waals surface area contributed by atoms with E-state index in [2.05, 4.69) is 5.32 Å². The minimum absolute atomic E-state index is 0.0197. The second kappa shape index (κ2) is 13.8. The van der Waals surface area contributed by atoms with Crippen LogP contribution in [0.4, 0.5) is 10.1 Å². The molecule has 8 nitrogen and oxygen atoms in total. The maximum atomic E-state index is 14.8. The van der Waals surface area contributed by atoms with Crippen LogP contribution in [-0.4, -0.2) is 62.2 Å². The Morgan fingerprint density at radius 3 is 2.31 bits per heavy atom. The average Bonchev–Trinajstić information content (AvgIpc) is 2.90. The number of rotatable bonds is 11. The first-order valence-corrected chi connectivity index (χ1v) is 15.1. The van der Waals surface area contributed by atoms with Gasteiger partial charge < -0.3 is 10.2 Å². The molecule has 0 spiro atoms. The number of hydrogen-bond acceptors (Lipinski definition) is 4. The predicted molar refractivity (Wildman–Crippen MR) is 152 cm³/mol. The molecule has 1 fully saturated rings. The topological polar surface area (TPSA) is 90.0 Å². The van der Waals surface area contributed by atoms with E-state index in [4.69, 9.17) is 23.2 Å². The number of para-hydroxylation sites is 1. The molecule has 1 N–H and O–H groups in total. The van der Waals surface area contributed by atoms with E-state index in [1.54, 1.807) is 25.1 Å². The molecule has 2 aromatic carbocycles. The summed E-state index contributed by atoms with van der Waals surface area (Å²) in [6.07, 6.45) is 5.18. The number of nitrogens with one attached hydrogen (secondary N) is 1.